The molecular weight excluding hydrogens is 340 g/mol. The minimum absolute atomic E-state index is 0.151. The molecule has 26 heavy (non-hydrogen) atoms. The SMILES string of the molecule is C[C@H]1C[C@H](Nc2ccccc2)c2ccccc2N1C(=O)Cc1cccs1. The van der Waals surface area contributed by atoms with Crippen molar-refractivity contribution < 1.29 is 4.79 Å². The molecule has 1 aliphatic heterocycles. The van der Waals surface area contributed by atoms with Gasteiger partial charge in [0.15, 0.2) is 0 Å². The Balaban J connectivity index is 1.62. The van der Waals surface area contributed by atoms with Gasteiger partial charge in [0, 0.05) is 22.3 Å². The molecule has 1 aliphatic rings. The van der Waals surface area contributed by atoms with Crippen LogP contribution in [0.5, 0.6) is 0 Å². The van der Waals surface area contributed by atoms with E-state index in [0.717, 1.165) is 22.7 Å². The topological polar surface area (TPSA) is 32.3 Å². The second-order valence-corrected chi connectivity index (χ2v) is 7.76. The Labute approximate surface area is 158 Å². The lowest BCUT2D eigenvalue weighted by Gasteiger charge is -2.40. The third-order valence-corrected chi connectivity index (χ3v) is 5.75. The molecule has 0 fully saturated rings. The van der Waals surface area contributed by atoms with Crippen LogP contribution in [0.2, 0.25) is 0 Å². The third kappa shape index (κ3) is 3.37. The lowest BCUT2D eigenvalue weighted by atomic mass is 9.91. The van der Waals surface area contributed by atoms with Crippen molar-refractivity contribution in [3.8, 4) is 0 Å². The fraction of sp³-hybridized carbons (Fsp3) is 0.227. The molecule has 3 aromatic rings. The fourth-order valence-corrected chi connectivity index (χ4v) is 4.41. The quantitative estimate of drug-likeness (QED) is 0.686. The molecule has 2 aromatic carbocycles. The van der Waals surface area contributed by atoms with Gasteiger partial charge in [-0.1, -0.05) is 42.5 Å². The van der Waals surface area contributed by atoms with Crippen LogP contribution < -0.4 is 10.2 Å². The van der Waals surface area contributed by atoms with E-state index in [9.17, 15) is 4.79 Å². The number of carbonyl (C=O) groups is 1. The van der Waals surface area contributed by atoms with Crippen molar-refractivity contribution in [3.05, 3.63) is 82.6 Å². The average Bonchev–Trinajstić information content (AvgIpc) is 3.15. The zero-order valence-corrected chi connectivity index (χ0v) is 15.6. The predicted molar refractivity (Wildman–Crippen MR) is 109 cm³/mol. The summed E-state index contributed by atoms with van der Waals surface area (Å²) in [6.07, 6.45) is 1.36. The van der Waals surface area contributed by atoms with Gasteiger partial charge in [-0.05, 0) is 48.6 Å². The highest BCUT2D eigenvalue weighted by Gasteiger charge is 2.33. The molecule has 0 unspecified atom stereocenters. The number of hydrogen-bond acceptors (Lipinski definition) is 3. The summed E-state index contributed by atoms with van der Waals surface area (Å²) in [5.74, 6) is 0.172. The molecule has 1 N–H and O–H groups in total. The van der Waals surface area contributed by atoms with Crippen molar-refractivity contribution in [2.24, 2.45) is 0 Å². The number of nitrogens with one attached hydrogen (secondary N) is 1. The molecule has 132 valence electrons. The molecule has 0 saturated heterocycles. The number of hydrogen-bond donors (Lipinski definition) is 1. The van der Waals surface area contributed by atoms with Gasteiger partial charge in [0.2, 0.25) is 5.91 Å². The van der Waals surface area contributed by atoms with Crippen molar-refractivity contribution in [2.45, 2.75) is 31.8 Å². The van der Waals surface area contributed by atoms with E-state index in [2.05, 4.69) is 42.6 Å². The highest BCUT2D eigenvalue weighted by atomic mass is 32.1. The molecule has 4 heteroatoms. The van der Waals surface area contributed by atoms with Crippen LogP contribution in [0, 0.1) is 0 Å². The zero-order chi connectivity index (χ0) is 17.9. The number of fused-ring (bicyclic) bond motifs is 1. The summed E-state index contributed by atoms with van der Waals surface area (Å²) in [4.78, 5) is 16.1. The maximum atomic E-state index is 13.0. The largest absolute Gasteiger partial charge is 0.378 e. The number of nitrogens with zero attached hydrogens (tertiary/aromatic N) is 1. The lowest BCUT2D eigenvalue weighted by molar-refractivity contribution is -0.118. The van der Waals surface area contributed by atoms with E-state index in [4.69, 9.17) is 0 Å². The van der Waals surface area contributed by atoms with Crippen LogP contribution in [-0.2, 0) is 11.2 Å². The van der Waals surface area contributed by atoms with Gasteiger partial charge in [0.25, 0.3) is 0 Å². The van der Waals surface area contributed by atoms with Crippen LogP contribution in [0.3, 0.4) is 0 Å². The molecule has 0 bridgehead atoms. The Morgan fingerprint density at radius 2 is 1.85 bits per heavy atom. The minimum Gasteiger partial charge on any atom is -0.378 e. The van der Waals surface area contributed by atoms with Crippen LogP contribution in [-0.4, -0.2) is 11.9 Å². The molecule has 0 aliphatic carbocycles. The summed E-state index contributed by atoms with van der Waals surface area (Å²) in [5.41, 5.74) is 3.33. The zero-order valence-electron chi connectivity index (χ0n) is 14.8. The lowest BCUT2D eigenvalue weighted by Crippen LogP contribution is -2.45. The van der Waals surface area contributed by atoms with E-state index >= 15 is 0 Å². The summed E-state index contributed by atoms with van der Waals surface area (Å²) in [6, 6.07) is 22.9. The molecule has 3 nitrogen and oxygen atoms in total. The first kappa shape index (κ1) is 16.9. The van der Waals surface area contributed by atoms with Gasteiger partial charge in [-0.2, -0.15) is 0 Å². The summed E-state index contributed by atoms with van der Waals surface area (Å²) < 4.78 is 0. The van der Waals surface area contributed by atoms with Crippen molar-refractivity contribution in [2.75, 3.05) is 10.2 Å². The smallest absolute Gasteiger partial charge is 0.232 e. The molecule has 0 saturated carbocycles. The Hall–Kier alpha value is -2.59. The van der Waals surface area contributed by atoms with Gasteiger partial charge in [-0.3, -0.25) is 4.79 Å². The second kappa shape index (κ2) is 7.34. The first-order valence-corrected chi connectivity index (χ1v) is 9.85. The summed E-state index contributed by atoms with van der Waals surface area (Å²) in [6.45, 7) is 2.14. The van der Waals surface area contributed by atoms with Crippen molar-refractivity contribution in [3.63, 3.8) is 0 Å². The molecule has 2 atom stereocenters. The molecule has 1 amide bonds. The monoisotopic (exact) mass is 362 g/mol. The number of para-hydroxylation sites is 2. The normalized spacial score (nSPS) is 19.0. The highest BCUT2D eigenvalue weighted by Crippen LogP contribution is 2.39. The highest BCUT2D eigenvalue weighted by molar-refractivity contribution is 7.10. The Bertz CT molecular complexity index is 876. The molecular formula is C22H22N2OS. The van der Waals surface area contributed by atoms with Crippen LogP contribution >= 0.6 is 11.3 Å². The van der Waals surface area contributed by atoms with Crippen LogP contribution in [0.25, 0.3) is 0 Å². The van der Waals surface area contributed by atoms with E-state index in [0.29, 0.717) is 6.42 Å². The first-order valence-electron chi connectivity index (χ1n) is 8.97. The van der Waals surface area contributed by atoms with Gasteiger partial charge in [0.1, 0.15) is 0 Å². The first-order chi connectivity index (χ1) is 12.7. The molecule has 1 aromatic heterocycles. The maximum Gasteiger partial charge on any atom is 0.232 e. The maximum absolute atomic E-state index is 13.0. The van der Waals surface area contributed by atoms with E-state index in [1.54, 1.807) is 11.3 Å². The van der Waals surface area contributed by atoms with E-state index in [1.807, 2.05) is 46.7 Å². The van der Waals surface area contributed by atoms with Gasteiger partial charge in [-0.15, -0.1) is 11.3 Å². The van der Waals surface area contributed by atoms with Crippen molar-refractivity contribution in [1.82, 2.24) is 0 Å². The molecule has 0 radical (unpaired) electrons. The summed E-state index contributed by atoms with van der Waals surface area (Å²) in [7, 11) is 0. The van der Waals surface area contributed by atoms with Gasteiger partial charge >= 0.3 is 0 Å². The standard InChI is InChI=1S/C22H22N2OS/c1-16-14-20(23-17-8-3-2-4-9-17)19-11-5-6-12-21(19)24(16)22(25)15-18-10-7-13-26-18/h2-13,16,20,23H,14-15H2,1H3/t16-,20-/m0/s1. The Kier molecular flexibility index (Phi) is 4.76. The van der Waals surface area contributed by atoms with Crippen molar-refractivity contribution in [1.29, 1.82) is 0 Å². The molecule has 0 spiro atoms. The van der Waals surface area contributed by atoms with Gasteiger partial charge in [0.05, 0.1) is 12.5 Å². The van der Waals surface area contributed by atoms with Gasteiger partial charge in [-0.25, -0.2) is 0 Å². The number of anilines is 2. The number of carbonyl (C=O) groups excluding carboxylic acids is 1. The van der Waals surface area contributed by atoms with Crippen LogP contribution in [0.1, 0.15) is 29.8 Å². The Morgan fingerprint density at radius 1 is 1.08 bits per heavy atom. The predicted octanol–water partition coefficient (Wildman–Crippen LogP) is 5.27. The van der Waals surface area contributed by atoms with E-state index < -0.39 is 0 Å². The average molecular weight is 362 g/mol. The second-order valence-electron chi connectivity index (χ2n) is 6.73. The third-order valence-electron chi connectivity index (χ3n) is 4.88. The summed E-state index contributed by atoms with van der Waals surface area (Å²) in [5, 5.41) is 5.66. The van der Waals surface area contributed by atoms with Crippen molar-refractivity contribution >= 4 is 28.6 Å². The number of benzene rings is 2. The van der Waals surface area contributed by atoms with E-state index in [-0.39, 0.29) is 18.0 Å². The Morgan fingerprint density at radius 3 is 2.62 bits per heavy atom. The number of rotatable bonds is 4. The van der Waals surface area contributed by atoms with Crippen LogP contribution in [0.15, 0.2) is 72.1 Å². The van der Waals surface area contributed by atoms with E-state index in [1.165, 1.54) is 5.56 Å². The van der Waals surface area contributed by atoms with Crippen LogP contribution in [0.4, 0.5) is 11.4 Å². The summed E-state index contributed by atoms with van der Waals surface area (Å²) >= 11 is 1.64. The van der Waals surface area contributed by atoms with Gasteiger partial charge < -0.3 is 10.2 Å². The fourth-order valence-electron chi connectivity index (χ4n) is 3.71. The molecule has 2 heterocycles. The molecule has 4 rings (SSSR count). The minimum atomic E-state index is 0.151. The number of amides is 1. The number of thiophene rings is 1.